The zero-order valence-corrected chi connectivity index (χ0v) is 14.7. The Labute approximate surface area is 138 Å². The average molecular weight is 339 g/mol. The van der Waals surface area contributed by atoms with Gasteiger partial charge >= 0.3 is 0 Å². The van der Waals surface area contributed by atoms with Crippen LogP contribution in [0.1, 0.15) is 37.0 Å². The third-order valence-electron chi connectivity index (χ3n) is 3.88. The van der Waals surface area contributed by atoms with Crippen LogP contribution in [-0.2, 0) is 10.0 Å². The summed E-state index contributed by atoms with van der Waals surface area (Å²) < 4.78 is 26.8. The van der Waals surface area contributed by atoms with Crippen LogP contribution in [0.5, 0.6) is 0 Å². The van der Waals surface area contributed by atoms with Crippen LogP contribution in [0.3, 0.4) is 0 Å². The van der Waals surface area contributed by atoms with Crippen LogP contribution < -0.4 is 10.5 Å². The summed E-state index contributed by atoms with van der Waals surface area (Å²) in [4.78, 5) is 14.2. The standard InChI is InChI=1S/C16H25N3O3S/c1-16(2,10-17)11-19(3)15(20)12-4-8-14(9-5-12)23(21,22)18-13-6-7-13/h4-5,8-9,13,18H,6-7,10-11,17H2,1-3H3. The molecular weight excluding hydrogens is 314 g/mol. The minimum absolute atomic E-state index is 0.0611. The monoisotopic (exact) mass is 339 g/mol. The van der Waals surface area contributed by atoms with Crippen molar-refractivity contribution in [2.24, 2.45) is 11.1 Å². The number of benzene rings is 1. The van der Waals surface area contributed by atoms with E-state index in [9.17, 15) is 13.2 Å². The van der Waals surface area contributed by atoms with E-state index >= 15 is 0 Å². The molecule has 1 saturated carbocycles. The van der Waals surface area contributed by atoms with Gasteiger partial charge in [0.1, 0.15) is 0 Å². The summed E-state index contributed by atoms with van der Waals surface area (Å²) in [5, 5.41) is 0. The summed E-state index contributed by atoms with van der Waals surface area (Å²) in [5.74, 6) is -0.148. The molecule has 1 aliphatic carbocycles. The summed E-state index contributed by atoms with van der Waals surface area (Å²) in [6, 6.07) is 6.11. The van der Waals surface area contributed by atoms with Crippen molar-refractivity contribution in [1.29, 1.82) is 0 Å². The van der Waals surface area contributed by atoms with Crippen LogP contribution in [-0.4, -0.2) is 45.4 Å². The first-order chi connectivity index (χ1) is 10.6. The molecule has 0 spiro atoms. The fraction of sp³-hybridized carbons (Fsp3) is 0.562. The van der Waals surface area contributed by atoms with Gasteiger partial charge in [-0.2, -0.15) is 0 Å². The Hall–Kier alpha value is -1.44. The van der Waals surface area contributed by atoms with E-state index in [0.717, 1.165) is 12.8 Å². The van der Waals surface area contributed by atoms with Gasteiger partial charge in [0.25, 0.3) is 5.91 Å². The SMILES string of the molecule is CN(CC(C)(C)CN)C(=O)c1ccc(S(=O)(=O)NC2CC2)cc1. The Morgan fingerprint density at radius 1 is 1.30 bits per heavy atom. The predicted octanol–water partition coefficient (Wildman–Crippen LogP) is 1.18. The number of amides is 1. The molecule has 1 fully saturated rings. The maximum atomic E-state index is 12.4. The van der Waals surface area contributed by atoms with Gasteiger partial charge < -0.3 is 10.6 Å². The number of sulfonamides is 1. The van der Waals surface area contributed by atoms with Gasteiger partial charge in [-0.05, 0) is 49.1 Å². The second kappa shape index (κ2) is 6.59. The van der Waals surface area contributed by atoms with Crippen molar-refractivity contribution in [3.63, 3.8) is 0 Å². The number of hydrogen-bond donors (Lipinski definition) is 2. The largest absolute Gasteiger partial charge is 0.341 e. The number of nitrogens with one attached hydrogen (secondary N) is 1. The van der Waals surface area contributed by atoms with Crippen molar-refractivity contribution in [1.82, 2.24) is 9.62 Å². The fourth-order valence-electron chi connectivity index (χ4n) is 2.26. The second-order valence-corrected chi connectivity index (χ2v) is 8.66. The van der Waals surface area contributed by atoms with Crippen LogP contribution in [0.15, 0.2) is 29.2 Å². The number of hydrogen-bond acceptors (Lipinski definition) is 4. The van der Waals surface area contributed by atoms with E-state index in [1.54, 1.807) is 24.1 Å². The first-order valence-electron chi connectivity index (χ1n) is 7.72. The van der Waals surface area contributed by atoms with Crippen molar-refractivity contribution >= 4 is 15.9 Å². The van der Waals surface area contributed by atoms with E-state index in [2.05, 4.69) is 4.72 Å². The number of nitrogens with zero attached hydrogens (tertiary/aromatic N) is 1. The van der Waals surface area contributed by atoms with E-state index in [0.29, 0.717) is 18.7 Å². The van der Waals surface area contributed by atoms with Gasteiger partial charge in [0.15, 0.2) is 0 Å². The van der Waals surface area contributed by atoms with Crippen LogP contribution >= 0.6 is 0 Å². The minimum Gasteiger partial charge on any atom is -0.341 e. The van der Waals surface area contributed by atoms with Gasteiger partial charge in [-0.25, -0.2) is 13.1 Å². The van der Waals surface area contributed by atoms with E-state index in [-0.39, 0.29) is 22.3 Å². The highest BCUT2D eigenvalue weighted by Gasteiger charge is 2.28. The maximum absolute atomic E-state index is 12.4. The molecule has 0 aliphatic heterocycles. The zero-order valence-electron chi connectivity index (χ0n) is 13.9. The lowest BCUT2D eigenvalue weighted by molar-refractivity contribution is 0.0740. The number of rotatable bonds is 7. The summed E-state index contributed by atoms with van der Waals surface area (Å²) in [6.45, 7) is 5.01. The van der Waals surface area contributed by atoms with Crippen molar-refractivity contribution in [3.05, 3.63) is 29.8 Å². The van der Waals surface area contributed by atoms with Crippen LogP contribution in [0, 0.1) is 5.41 Å². The van der Waals surface area contributed by atoms with E-state index in [1.807, 2.05) is 13.8 Å². The molecule has 128 valence electrons. The van der Waals surface area contributed by atoms with Gasteiger partial charge in [0, 0.05) is 25.2 Å². The quantitative estimate of drug-likeness (QED) is 0.780. The normalized spacial score (nSPS) is 15.5. The molecule has 0 aromatic heterocycles. The fourth-order valence-corrected chi connectivity index (χ4v) is 3.57. The first kappa shape index (κ1) is 17.9. The number of carbonyl (C=O) groups excluding carboxylic acids is 1. The van der Waals surface area contributed by atoms with Crippen molar-refractivity contribution in [2.75, 3.05) is 20.1 Å². The van der Waals surface area contributed by atoms with E-state index in [1.165, 1.54) is 12.1 Å². The Kier molecular flexibility index (Phi) is 5.13. The molecule has 1 aromatic carbocycles. The van der Waals surface area contributed by atoms with Crippen molar-refractivity contribution < 1.29 is 13.2 Å². The molecule has 0 saturated heterocycles. The highest BCUT2D eigenvalue weighted by molar-refractivity contribution is 7.89. The lowest BCUT2D eigenvalue weighted by atomic mass is 9.93. The van der Waals surface area contributed by atoms with Gasteiger partial charge in [-0.15, -0.1) is 0 Å². The molecule has 0 heterocycles. The maximum Gasteiger partial charge on any atom is 0.253 e. The smallest absolute Gasteiger partial charge is 0.253 e. The third kappa shape index (κ3) is 4.76. The van der Waals surface area contributed by atoms with E-state index < -0.39 is 10.0 Å². The molecule has 6 nitrogen and oxygen atoms in total. The lowest BCUT2D eigenvalue weighted by Gasteiger charge is -2.29. The molecule has 7 heteroatoms. The summed E-state index contributed by atoms with van der Waals surface area (Å²) in [5.41, 5.74) is 5.99. The molecular formula is C16H25N3O3S. The Morgan fingerprint density at radius 3 is 2.35 bits per heavy atom. The van der Waals surface area contributed by atoms with Crippen LogP contribution in [0.4, 0.5) is 0 Å². The number of nitrogens with two attached hydrogens (primary N) is 1. The Morgan fingerprint density at radius 2 is 1.87 bits per heavy atom. The summed E-state index contributed by atoms with van der Waals surface area (Å²) in [7, 11) is -1.76. The molecule has 1 amide bonds. The minimum atomic E-state index is -3.48. The molecule has 0 bridgehead atoms. The van der Waals surface area contributed by atoms with Gasteiger partial charge in [-0.3, -0.25) is 4.79 Å². The van der Waals surface area contributed by atoms with E-state index in [4.69, 9.17) is 5.73 Å². The molecule has 0 radical (unpaired) electrons. The van der Waals surface area contributed by atoms with Gasteiger partial charge in [-0.1, -0.05) is 13.8 Å². The topological polar surface area (TPSA) is 92.5 Å². The summed E-state index contributed by atoms with van der Waals surface area (Å²) >= 11 is 0. The lowest BCUT2D eigenvalue weighted by Crippen LogP contribution is -2.39. The molecule has 1 aromatic rings. The molecule has 0 atom stereocenters. The van der Waals surface area contributed by atoms with Crippen LogP contribution in [0.2, 0.25) is 0 Å². The molecule has 2 rings (SSSR count). The predicted molar refractivity (Wildman–Crippen MR) is 89.6 cm³/mol. The van der Waals surface area contributed by atoms with Crippen molar-refractivity contribution in [3.8, 4) is 0 Å². The Balaban J connectivity index is 2.08. The highest BCUT2D eigenvalue weighted by atomic mass is 32.2. The summed E-state index contributed by atoms with van der Waals surface area (Å²) in [6.07, 6.45) is 1.77. The molecule has 1 aliphatic rings. The van der Waals surface area contributed by atoms with Gasteiger partial charge in [0.2, 0.25) is 10.0 Å². The first-order valence-corrected chi connectivity index (χ1v) is 9.21. The van der Waals surface area contributed by atoms with Crippen LogP contribution in [0.25, 0.3) is 0 Å². The van der Waals surface area contributed by atoms with Gasteiger partial charge in [0.05, 0.1) is 4.90 Å². The molecule has 3 N–H and O–H groups in total. The average Bonchev–Trinajstić information content (AvgIpc) is 3.29. The second-order valence-electron chi connectivity index (χ2n) is 6.95. The zero-order chi connectivity index (χ0) is 17.3. The number of carbonyl (C=O) groups is 1. The molecule has 0 unspecified atom stereocenters. The van der Waals surface area contributed by atoms with Crippen molar-refractivity contribution in [2.45, 2.75) is 37.6 Å². The third-order valence-corrected chi connectivity index (χ3v) is 5.41. The molecule has 23 heavy (non-hydrogen) atoms. The highest BCUT2D eigenvalue weighted by Crippen LogP contribution is 2.22. The Bertz CT molecular complexity index is 664.